The van der Waals surface area contributed by atoms with Crippen molar-refractivity contribution in [2.75, 3.05) is 0 Å². The maximum Gasteiger partial charge on any atom is 0.130 e. The second-order valence-corrected chi connectivity index (χ2v) is 5.66. The van der Waals surface area contributed by atoms with Gasteiger partial charge < -0.3 is 9.84 Å². The molecule has 20 heavy (non-hydrogen) atoms. The lowest BCUT2D eigenvalue weighted by Gasteiger charge is -2.14. The lowest BCUT2D eigenvalue weighted by molar-refractivity contribution is 0.190. The van der Waals surface area contributed by atoms with E-state index in [1.807, 2.05) is 25.1 Å². The number of aliphatic hydroxyl groups excluding tert-OH is 1. The molecule has 1 N–H and O–H groups in total. The summed E-state index contributed by atoms with van der Waals surface area (Å²) in [6.07, 6.45) is -0.625. The van der Waals surface area contributed by atoms with Gasteiger partial charge >= 0.3 is 0 Å². The maximum atomic E-state index is 13.7. The summed E-state index contributed by atoms with van der Waals surface area (Å²) >= 11 is 3.22. The van der Waals surface area contributed by atoms with Crippen LogP contribution in [0, 0.1) is 12.7 Å². The molecule has 2 rings (SSSR count). The lowest BCUT2D eigenvalue weighted by Crippen LogP contribution is -2.03. The molecule has 2 nitrogen and oxygen atoms in total. The summed E-state index contributed by atoms with van der Waals surface area (Å²) in [4.78, 5) is 0. The van der Waals surface area contributed by atoms with Gasteiger partial charge in [-0.2, -0.15) is 0 Å². The molecule has 0 aliphatic carbocycles. The Morgan fingerprint density at radius 1 is 1.25 bits per heavy atom. The van der Waals surface area contributed by atoms with Crippen LogP contribution in [-0.2, 0) is 6.61 Å². The highest BCUT2D eigenvalue weighted by Crippen LogP contribution is 2.27. The van der Waals surface area contributed by atoms with Crippen LogP contribution in [0.2, 0.25) is 0 Å². The first-order valence-corrected chi connectivity index (χ1v) is 7.12. The Bertz CT molecular complexity index is 611. The van der Waals surface area contributed by atoms with E-state index in [0.29, 0.717) is 21.3 Å². The van der Waals surface area contributed by atoms with Gasteiger partial charge in [0.1, 0.15) is 18.2 Å². The number of aryl methyl sites for hydroxylation is 1. The molecule has 0 heterocycles. The van der Waals surface area contributed by atoms with Crippen molar-refractivity contribution in [1.29, 1.82) is 0 Å². The molecule has 2 aromatic carbocycles. The van der Waals surface area contributed by atoms with E-state index >= 15 is 0 Å². The average molecular weight is 339 g/mol. The molecular formula is C16H16BrFO2. The van der Waals surface area contributed by atoms with Crippen LogP contribution in [0.4, 0.5) is 4.39 Å². The number of aliphatic hydroxyl groups is 1. The molecule has 0 fully saturated rings. The van der Waals surface area contributed by atoms with Crippen LogP contribution in [0.15, 0.2) is 40.9 Å². The molecule has 0 saturated heterocycles. The molecule has 0 amide bonds. The number of hydrogen-bond acceptors (Lipinski definition) is 2. The van der Waals surface area contributed by atoms with E-state index in [1.54, 1.807) is 19.1 Å². The third-order valence-electron chi connectivity index (χ3n) is 3.02. The smallest absolute Gasteiger partial charge is 0.130 e. The van der Waals surface area contributed by atoms with E-state index in [0.717, 1.165) is 5.56 Å². The van der Waals surface area contributed by atoms with Gasteiger partial charge in [-0.25, -0.2) is 4.39 Å². The minimum Gasteiger partial charge on any atom is -0.488 e. The molecule has 4 heteroatoms. The standard InChI is InChI=1S/C16H16BrFO2/c1-10-3-6-14(11(2)19)16(7-10)20-9-12-4-5-13(17)8-15(12)18/h3-8,11,19H,9H2,1-2H3. The van der Waals surface area contributed by atoms with Gasteiger partial charge in [0.05, 0.1) is 6.10 Å². The molecule has 106 valence electrons. The molecule has 2 aromatic rings. The first-order chi connectivity index (χ1) is 9.47. The summed E-state index contributed by atoms with van der Waals surface area (Å²) in [5, 5.41) is 9.72. The Morgan fingerprint density at radius 2 is 2.00 bits per heavy atom. The highest BCUT2D eigenvalue weighted by molar-refractivity contribution is 9.10. The fourth-order valence-corrected chi connectivity index (χ4v) is 2.24. The monoisotopic (exact) mass is 338 g/mol. The Labute approximate surface area is 126 Å². The second kappa shape index (κ2) is 6.37. The van der Waals surface area contributed by atoms with Gasteiger partial charge in [-0.1, -0.05) is 34.1 Å². The highest BCUT2D eigenvalue weighted by Gasteiger charge is 2.11. The van der Waals surface area contributed by atoms with E-state index < -0.39 is 6.10 Å². The Kier molecular flexibility index (Phi) is 4.78. The van der Waals surface area contributed by atoms with Gasteiger partial charge in [-0.15, -0.1) is 0 Å². The van der Waals surface area contributed by atoms with E-state index in [4.69, 9.17) is 4.74 Å². The van der Waals surface area contributed by atoms with E-state index in [-0.39, 0.29) is 12.4 Å². The predicted molar refractivity (Wildman–Crippen MR) is 80.2 cm³/mol. The van der Waals surface area contributed by atoms with Gasteiger partial charge in [-0.3, -0.25) is 0 Å². The summed E-state index contributed by atoms with van der Waals surface area (Å²) in [5.74, 6) is 0.271. The van der Waals surface area contributed by atoms with Crippen molar-refractivity contribution in [2.24, 2.45) is 0 Å². The Hall–Kier alpha value is -1.39. The normalized spacial score (nSPS) is 12.2. The summed E-state index contributed by atoms with van der Waals surface area (Å²) in [6, 6.07) is 10.4. The van der Waals surface area contributed by atoms with Crippen LogP contribution >= 0.6 is 15.9 Å². The van der Waals surface area contributed by atoms with Gasteiger partial charge in [0.2, 0.25) is 0 Å². The first-order valence-electron chi connectivity index (χ1n) is 6.32. The number of benzene rings is 2. The Balaban J connectivity index is 2.20. The van der Waals surface area contributed by atoms with Crippen LogP contribution in [0.3, 0.4) is 0 Å². The molecule has 0 aliphatic rings. The van der Waals surface area contributed by atoms with Gasteiger partial charge in [0, 0.05) is 15.6 Å². The van der Waals surface area contributed by atoms with Crippen molar-refractivity contribution in [3.8, 4) is 5.75 Å². The molecule has 0 spiro atoms. The van der Waals surface area contributed by atoms with Gasteiger partial charge in [-0.05, 0) is 37.6 Å². The number of halogens is 2. The molecule has 0 aliphatic heterocycles. The van der Waals surface area contributed by atoms with Crippen LogP contribution < -0.4 is 4.74 Å². The predicted octanol–water partition coefficient (Wildman–Crippen LogP) is 4.53. The fraction of sp³-hybridized carbons (Fsp3) is 0.250. The molecule has 0 aromatic heterocycles. The number of rotatable bonds is 4. The van der Waals surface area contributed by atoms with Crippen molar-refractivity contribution in [3.63, 3.8) is 0 Å². The van der Waals surface area contributed by atoms with Crippen LogP contribution in [0.25, 0.3) is 0 Å². The largest absolute Gasteiger partial charge is 0.488 e. The molecule has 0 radical (unpaired) electrons. The summed E-state index contributed by atoms with van der Waals surface area (Å²) in [5.41, 5.74) is 2.21. The van der Waals surface area contributed by atoms with E-state index in [9.17, 15) is 9.50 Å². The SMILES string of the molecule is Cc1ccc(C(C)O)c(OCc2ccc(Br)cc2F)c1. The van der Waals surface area contributed by atoms with Crippen LogP contribution in [0.5, 0.6) is 5.75 Å². The molecule has 0 bridgehead atoms. The van der Waals surface area contributed by atoms with Crippen molar-refractivity contribution in [1.82, 2.24) is 0 Å². The quantitative estimate of drug-likeness (QED) is 0.887. The van der Waals surface area contributed by atoms with Crippen molar-refractivity contribution in [2.45, 2.75) is 26.6 Å². The van der Waals surface area contributed by atoms with E-state index in [2.05, 4.69) is 15.9 Å². The number of hydrogen-bond donors (Lipinski definition) is 1. The highest BCUT2D eigenvalue weighted by atomic mass is 79.9. The summed E-state index contributed by atoms with van der Waals surface area (Å²) in [6.45, 7) is 3.75. The number of ether oxygens (including phenoxy) is 1. The first kappa shape index (κ1) is 15.0. The van der Waals surface area contributed by atoms with Crippen molar-refractivity contribution in [3.05, 3.63) is 63.4 Å². The lowest BCUT2D eigenvalue weighted by atomic mass is 10.1. The minimum atomic E-state index is -0.625. The van der Waals surface area contributed by atoms with Crippen molar-refractivity contribution < 1.29 is 14.2 Å². The zero-order valence-corrected chi connectivity index (χ0v) is 12.9. The Morgan fingerprint density at radius 3 is 2.65 bits per heavy atom. The van der Waals surface area contributed by atoms with E-state index in [1.165, 1.54) is 6.07 Å². The minimum absolute atomic E-state index is 0.127. The van der Waals surface area contributed by atoms with Crippen LogP contribution in [0.1, 0.15) is 29.7 Å². The van der Waals surface area contributed by atoms with Crippen molar-refractivity contribution >= 4 is 15.9 Å². The second-order valence-electron chi connectivity index (χ2n) is 4.74. The molecule has 0 saturated carbocycles. The third-order valence-corrected chi connectivity index (χ3v) is 3.51. The summed E-state index contributed by atoms with van der Waals surface area (Å²) in [7, 11) is 0. The topological polar surface area (TPSA) is 29.5 Å². The third kappa shape index (κ3) is 3.58. The molecular weight excluding hydrogens is 323 g/mol. The molecule has 1 unspecified atom stereocenters. The molecule has 1 atom stereocenters. The average Bonchev–Trinajstić information content (AvgIpc) is 2.37. The fourth-order valence-electron chi connectivity index (χ4n) is 1.91. The zero-order chi connectivity index (χ0) is 14.7. The zero-order valence-electron chi connectivity index (χ0n) is 11.4. The summed E-state index contributed by atoms with van der Waals surface area (Å²) < 4.78 is 20.1. The van der Waals surface area contributed by atoms with Gasteiger partial charge in [0.15, 0.2) is 0 Å². The van der Waals surface area contributed by atoms with Gasteiger partial charge in [0.25, 0.3) is 0 Å². The van der Waals surface area contributed by atoms with Crippen LogP contribution in [-0.4, -0.2) is 5.11 Å². The maximum absolute atomic E-state index is 13.7.